The highest BCUT2D eigenvalue weighted by Crippen LogP contribution is 2.15. The lowest BCUT2D eigenvalue weighted by atomic mass is 10.1. The van der Waals surface area contributed by atoms with Crippen molar-refractivity contribution in [2.45, 2.75) is 18.9 Å². The van der Waals surface area contributed by atoms with Crippen LogP contribution in [-0.2, 0) is 0 Å². The topological polar surface area (TPSA) is 95.2 Å². The number of carbonyl (C=O) groups excluding carboxylic acids is 1. The summed E-state index contributed by atoms with van der Waals surface area (Å²) >= 11 is 0. The fourth-order valence-corrected chi connectivity index (χ4v) is 1.69. The van der Waals surface area contributed by atoms with Gasteiger partial charge in [0.1, 0.15) is 5.69 Å². The molecule has 1 aliphatic rings. The molecule has 1 aliphatic heterocycles. The van der Waals surface area contributed by atoms with Gasteiger partial charge in [-0.1, -0.05) is 0 Å². The van der Waals surface area contributed by atoms with Crippen molar-refractivity contribution in [2.24, 2.45) is 0 Å². The van der Waals surface area contributed by atoms with Crippen LogP contribution in [-0.4, -0.2) is 45.3 Å². The Morgan fingerprint density at radius 3 is 2.80 bits per heavy atom. The normalized spacial score (nSPS) is 18.1. The summed E-state index contributed by atoms with van der Waals surface area (Å²) in [5.41, 5.74) is 6.29. The van der Waals surface area contributed by atoms with Crippen molar-refractivity contribution in [1.29, 1.82) is 0 Å². The molecule has 82 valence electrons. The van der Waals surface area contributed by atoms with Crippen molar-refractivity contribution in [3.8, 4) is 0 Å². The zero-order valence-electron chi connectivity index (χ0n) is 8.31. The number of nitrogens with two attached hydrogens (primary N) is 1. The summed E-state index contributed by atoms with van der Waals surface area (Å²) in [6.07, 6.45) is 2.39. The van der Waals surface area contributed by atoms with Crippen molar-refractivity contribution in [1.82, 2.24) is 15.1 Å². The number of H-pyrrole nitrogens is 1. The van der Waals surface area contributed by atoms with E-state index in [1.54, 1.807) is 4.90 Å². The number of hydrogen-bond acceptors (Lipinski definition) is 4. The third-order valence-corrected chi connectivity index (χ3v) is 2.63. The van der Waals surface area contributed by atoms with E-state index < -0.39 is 0 Å². The zero-order chi connectivity index (χ0) is 10.8. The second-order valence-electron chi connectivity index (χ2n) is 3.72. The van der Waals surface area contributed by atoms with E-state index in [2.05, 4.69) is 10.2 Å². The predicted octanol–water partition coefficient (Wildman–Crippen LogP) is -0.411. The molecule has 0 saturated carbocycles. The highest BCUT2D eigenvalue weighted by molar-refractivity contribution is 5.97. The molecule has 1 amide bonds. The number of aliphatic hydroxyl groups is 1. The van der Waals surface area contributed by atoms with E-state index in [0.717, 1.165) is 0 Å². The van der Waals surface area contributed by atoms with Crippen LogP contribution in [0.25, 0.3) is 0 Å². The van der Waals surface area contributed by atoms with Crippen LogP contribution in [0.5, 0.6) is 0 Å². The minimum atomic E-state index is -0.284. The van der Waals surface area contributed by atoms with Gasteiger partial charge in [0.25, 0.3) is 5.91 Å². The largest absolute Gasteiger partial charge is 0.396 e. The first-order valence-corrected chi connectivity index (χ1v) is 4.94. The Morgan fingerprint density at radius 2 is 2.27 bits per heavy atom. The third-order valence-electron chi connectivity index (χ3n) is 2.63. The Bertz CT molecular complexity index is 355. The Balaban J connectivity index is 2.06. The summed E-state index contributed by atoms with van der Waals surface area (Å²) in [7, 11) is 0. The van der Waals surface area contributed by atoms with Gasteiger partial charge in [-0.3, -0.25) is 9.89 Å². The first-order chi connectivity index (χ1) is 7.18. The van der Waals surface area contributed by atoms with E-state index in [-0.39, 0.29) is 12.0 Å². The molecule has 2 rings (SSSR count). The molecule has 6 nitrogen and oxygen atoms in total. The van der Waals surface area contributed by atoms with Gasteiger partial charge in [-0.05, 0) is 12.8 Å². The summed E-state index contributed by atoms with van der Waals surface area (Å²) in [6.45, 7) is 1.14. The molecule has 1 aromatic rings. The van der Waals surface area contributed by atoms with Crippen molar-refractivity contribution in [3.63, 3.8) is 0 Å². The fourth-order valence-electron chi connectivity index (χ4n) is 1.69. The molecule has 0 aromatic carbocycles. The summed E-state index contributed by atoms with van der Waals surface area (Å²) in [5.74, 6) is -0.142. The molecule has 15 heavy (non-hydrogen) atoms. The van der Waals surface area contributed by atoms with E-state index in [0.29, 0.717) is 37.3 Å². The number of aliphatic hydroxyl groups excluding tert-OH is 1. The Hall–Kier alpha value is -1.56. The molecule has 4 N–H and O–H groups in total. The average molecular weight is 210 g/mol. The number of amides is 1. The van der Waals surface area contributed by atoms with Gasteiger partial charge < -0.3 is 15.7 Å². The monoisotopic (exact) mass is 210 g/mol. The summed E-state index contributed by atoms with van der Waals surface area (Å²) in [6, 6.07) is 0. The van der Waals surface area contributed by atoms with Crippen LogP contribution in [0.3, 0.4) is 0 Å². The maximum Gasteiger partial charge on any atom is 0.274 e. The molecule has 0 aliphatic carbocycles. The maximum absolute atomic E-state index is 11.9. The van der Waals surface area contributed by atoms with Crippen molar-refractivity contribution in [3.05, 3.63) is 11.9 Å². The number of carbonyl (C=O) groups is 1. The number of rotatable bonds is 1. The molecular formula is C9H14N4O2. The Labute approximate surface area is 87.1 Å². The van der Waals surface area contributed by atoms with E-state index in [1.165, 1.54) is 6.20 Å². The van der Waals surface area contributed by atoms with Crippen LogP contribution in [0.4, 0.5) is 5.69 Å². The number of anilines is 1. The van der Waals surface area contributed by atoms with Gasteiger partial charge in [-0.15, -0.1) is 0 Å². The van der Waals surface area contributed by atoms with E-state index in [4.69, 9.17) is 5.73 Å². The Kier molecular flexibility index (Phi) is 2.59. The van der Waals surface area contributed by atoms with Gasteiger partial charge in [-0.2, -0.15) is 5.10 Å². The second kappa shape index (κ2) is 3.90. The molecule has 0 atom stereocenters. The first kappa shape index (κ1) is 9.97. The number of aromatic nitrogens is 2. The van der Waals surface area contributed by atoms with E-state index in [9.17, 15) is 9.90 Å². The molecule has 0 spiro atoms. The SMILES string of the molecule is Nc1cn[nH]c1C(=O)N1CCC(O)CC1. The molecule has 2 heterocycles. The summed E-state index contributed by atoms with van der Waals surface area (Å²) in [4.78, 5) is 13.6. The molecule has 0 unspecified atom stereocenters. The molecule has 1 aromatic heterocycles. The lowest BCUT2D eigenvalue weighted by molar-refractivity contribution is 0.0542. The molecule has 0 bridgehead atoms. The van der Waals surface area contributed by atoms with Crippen LogP contribution in [0.15, 0.2) is 6.20 Å². The van der Waals surface area contributed by atoms with Crippen molar-refractivity contribution in [2.75, 3.05) is 18.8 Å². The fraction of sp³-hybridized carbons (Fsp3) is 0.556. The molecule has 1 saturated heterocycles. The molecule has 0 radical (unpaired) electrons. The number of nitrogens with zero attached hydrogens (tertiary/aromatic N) is 2. The van der Waals surface area contributed by atoms with Crippen LogP contribution in [0, 0.1) is 0 Å². The van der Waals surface area contributed by atoms with Gasteiger partial charge in [0.15, 0.2) is 0 Å². The summed E-state index contributed by atoms with van der Waals surface area (Å²) in [5, 5.41) is 15.6. The van der Waals surface area contributed by atoms with Gasteiger partial charge in [-0.25, -0.2) is 0 Å². The lowest BCUT2D eigenvalue weighted by Gasteiger charge is -2.29. The highest BCUT2D eigenvalue weighted by atomic mass is 16.3. The standard InChI is InChI=1S/C9H14N4O2/c10-7-5-11-12-8(7)9(15)13-3-1-6(14)2-4-13/h5-6,14H,1-4,10H2,(H,11,12). The van der Waals surface area contributed by atoms with Gasteiger partial charge in [0, 0.05) is 13.1 Å². The van der Waals surface area contributed by atoms with Gasteiger partial charge >= 0.3 is 0 Å². The predicted molar refractivity (Wildman–Crippen MR) is 54.1 cm³/mol. The number of nitrogen functional groups attached to an aromatic ring is 1. The van der Waals surface area contributed by atoms with Crippen LogP contribution < -0.4 is 5.73 Å². The number of likely N-dealkylation sites (tertiary alicyclic amines) is 1. The first-order valence-electron chi connectivity index (χ1n) is 4.94. The van der Waals surface area contributed by atoms with E-state index in [1.807, 2.05) is 0 Å². The maximum atomic E-state index is 11.9. The highest BCUT2D eigenvalue weighted by Gasteiger charge is 2.24. The number of aromatic amines is 1. The van der Waals surface area contributed by atoms with Crippen LogP contribution in [0.2, 0.25) is 0 Å². The van der Waals surface area contributed by atoms with Crippen molar-refractivity contribution < 1.29 is 9.90 Å². The van der Waals surface area contributed by atoms with Crippen LogP contribution >= 0.6 is 0 Å². The number of piperidine rings is 1. The smallest absolute Gasteiger partial charge is 0.274 e. The minimum absolute atomic E-state index is 0.142. The second-order valence-corrected chi connectivity index (χ2v) is 3.72. The molecular weight excluding hydrogens is 196 g/mol. The molecule has 6 heteroatoms. The lowest BCUT2D eigenvalue weighted by Crippen LogP contribution is -2.40. The average Bonchev–Trinajstić information content (AvgIpc) is 2.65. The van der Waals surface area contributed by atoms with Gasteiger partial charge in [0.05, 0.1) is 18.0 Å². The minimum Gasteiger partial charge on any atom is -0.396 e. The van der Waals surface area contributed by atoms with Crippen molar-refractivity contribution >= 4 is 11.6 Å². The van der Waals surface area contributed by atoms with E-state index >= 15 is 0 Å². The third kappa shape index (κ3) is 1.94. The van der Waals surface area contributed by atoms with Gasteiger partial charge in [0.2, 0.25) is 0 Å². The molecule has 1 fully saturated rings. The Morgan fingerprint density at radius 1 is 1.60 bits per heavy atom. The number of hydrogen-bond donors (Lipinski definition) is 3. The zero-order valence-corrected chi connectivity index (χ0v) is 8.31. The van der Waals surface area contributed by atoms with Crippen LogP contribution in [0.1, 0.15) is 23.3 Å². The number of nitrogens with one attached hydrogen (secondary N) is 1. The quantitative estimate of drug-likeness (QED) is 0.587. The summed E-state index contributed by atoms with van der Waals surface area (Å²) < 4.78 is 0.